The third-order valence-electron chi connectivity index (χ3n) is 6.64. The zero-order valence-electron chi connectivity index (χ0n) is 17.6. The van der Waals surface area contributed by atoms with Crippen LogP contribution in [0.5, 0.6) is 0 Å². The second-order valence-electron chi connectivity index (χ2n) is 8.86. The first-order valence-electron chi connectivity index (χ1n) is 10.7. The zero-order valence-corrected chi connectivity index (χ0v) is 18.3. The van der Waals surface area contributed by atoms with Crippen molar-refractivity contribution in [1.29, 1.82) is 0 Å². The maximum Gasteiger partial charge on any atom is 0.317 e. The number of amides is 2. The summed E-state index contributed by atoms with van der Waals surface area (Å²) < 4.78 is 13.3. The molecule has 0 aromatic heterocycles. The lowest BCUT2D eigenvalue weighted by Crippen LogP contribution is -2.64. The summed E-state index contributed by atoms with van der Waals surface area (Å²) in [5.41, 5.74) is 2.28. The minimum Gasteiger partial charge on any atom is -0.334 e. The lowest BCUT2D eigenvalue weighted by molar-refractivity contribution is -0.123. The summed E-state index contributed by atoms with van der Waals surface area (Å²) in [5, 5.41) is 3.69. The van der Waals surface area contributed by atoms with Gasteiger partial charge < -0.3 is 10.2 Å². The Balaban J connectivity index is 1.38. The SMILES string of the molecule is CC(C)N1CC2(CCN(C(=O)NCc3cccc(F)c3)CC2)C1c1ccc(Cl)cc1. The number of carbonyl (C=O) groups excluding carboxylic acids is 1. The van der Waals surface area contributed by atoms with Crippen molar-refractivity contribution < 1.29 is 9.18 Å². The molecule has 160 valence electrons. The summed E-state index contributed by atoms with van der Waals surface area (Å²) >= 11 is 6.10. The van der Waals surface area contributed by atoms with Crippen LogP contribution in [0.1, 0.15) is 43.9 Å². The van der Waals surface area contributed by atoms with Crippen molar-refractivity contribution in [1.82, 2.24) is 15.1 Å². The van der Waals surface area contributed by atoms with Crippen LogP contribution < -0.4 is 5.32 Å². The molecule has 2 heterocycles. The smallest absolute Gasteiger partial charge is 0.317 e. The number of carbonyl (C=O) groups is 1. The molecule has 4 rings (SSSR count). The number of rotatable bonds is 4. The van der Waals surface area contributed by atoms with Gasteiger partial charge in [0.2, 0.25) is 0 Å². The molecule has 2 fully saturated rings. The predicted octanol–water partition coefficient (Wildman–Crippen LogP) is 5.24. The van der Waals surface area contributed by atoms with Crippen LogP contribution >= 0.6 is 11.6 Å². The Hall–Kier alpha value is -2.11. The van der Waals surface area contributed by atoms with Gasteiger partial charge in [0, 0.05) is 48.7 Å². The average Bonchev–Trinajstić information content (AvgIpc) is 2.72. The van der Waals surface area contributed by atoms with Gasteiger partial charge in [-0.1, -0.05) is 35.9 Å². The minimum absolute atomic E-state index is 0.0720. The van der Waals surface area contributed by atoms with E-state index < -0.39 is 0 Å². The highest BCUT2D eigenvalue weighted by molar-refractivity contribution is 6.30. The van der Waals surface area contributed by atoms with Crippen LogP contribution in [0, 0.1) is 11.2 Å². The van der Waals surface area contributed by atoms with Gasteiger partial charge in [0.25, 0.3) is 0 Å². The van der Waals surface area contributed by atoms with E-state index in [0.29, 0.717) is 18.6 Å². The van der Waals surface area contributed by atoms with Crippen molar-refractivity contribution in [3.63, 3.8) is 0 Å². The standard InChI is InChI=1S/C24H29ClFN3O/c1-17(2)29-16-24(22(29)19-6-8-20(25)9-7-19)10-12-28(13-11-24)23(30)27-15-18-4-3-5-21(26)14-18/h3-9,14,17,22H,10-13,15-16H2,1-2H3,(H,27,30). The molecule has 1 N–H and O–H groups in total. The number of halogens is 2. The van der Waals surface area contributed by atoms with Crippen molar-refractivity contribution in [3.8, 4) is 0 Å². The fraction of sp³-hybridized carbons (Fsp3) is 0.458. The molecule has 2 amide bonds. The molecular weight excluding hydrogens is 401 g/mol. The summed E-state index contributed by atoms with van der Waals surface area (Å²) in [6.45, 7) is 7.37. The number of piperidine rings is 1. The Bertz CT molecular complexity index is 894. The second-order valence-corrected chi connectivity index (χ2v) is 9.29. The molecule has 0 bridgehead atoms. The van der Waals surface area contributed by atoms with Gasteiger partial charge in [-0.3, -0.25) is 4.90 Å². The van der Waals surface area contributed by atoms with Crippen LogP contribution in [0.25, 0.3) is 0 Å². The number of urea groups is 1. The number of nitrogens with one attached hydrogen (secondary N) is 1. The molecule has 4 nitrogen and oxygen atoms in total. The van der Waals surface area contributed by atoms with Gasteiger partial charge in [-0.25, -0.2) is 9.18 Å². The van der Waals surface area contributed by atoms with Crippen LogP contribution in [0.3, 0.4) is 0 Å². The van der Waals surface area contributed by atoms with Crippen LogP contribution in [0.15, 0.2) is 48.5 Å². The molecule has 6 heteroatoms. The van der Waals surface area contributed by atoms with Gasteiger partial charge in [-0.2, -0.15) is 0 Å². The number of hydrogen-bond acceptors (Lipinski definition) is 2. The van der Waals surface area contributed by atoms with Gasteiger partial charge >= 0.3 is 6.03 Å². The Morgan fingerprint density at radius 1 is 1.20 bits per heavy atom. The summed E-state index contributed by atoms with van der Waals surface area (Å²) in [7, 11) is 0. The molecule has 0 radical (unpaired) electrons. The monoisotopic (exact) mass is 429 g/mol. The fourth-order valence-electron chi connectivity index (χ4n) is 4.97. The minimum atomic E-state index is -0.283. The van der Waals surface area contributed by atoms with Crippen molar-refractivity contribution in [2.24, 2.45) is 5.41 Å². The highest BCUT2D eigenvalue weighted by Crippen LogP contribution is 2.55. The summed E-state index contributed by atoms with van der Waals surface area (Å²) in [5.74, 6) is -0.283. The lowest BCUT2D eigenvalue weighted by atomic mass is 9.62. The van der Waals surface area contributed by atoms with E-state index in [2.05, 4.69) is 36.2 Å². The van der Waals surface area contributed by atoms with Crippen molar-refractivity contribution in [3.05, 3.63) is 70.5 Å². The molecular formula is C24H29ClFN3O. The number of likely N-dealkylation sites (tertiary alicyclic amines) is 2. The highest BCUT2D eigenvalue weighted by atomic mass is 35.5. The van der Waals surface area contributed by atoms with E-state index in [9.17, 15) is 9.18 Å². The largest absolute Gasteiger partial charge is 0.334 e. The van der Waals surface area contributed by atoms with E-state index in [0.717, 1.165) is 43.1 Å². The Morgan fingerprint density at radius 2 is 1.90 bits per heavy atom. The summed E-state index contributed by atoms with van der Waals surface area (Å²) in [6, 6.07) is 15.3. The van der Waals surface area contributed by atoms with Crippen molar-refractivity contribution in [2.45, 2.75) is 45.3 Å². The van der Waals surface area contributed by atoms with Crippen molar-refractivity contribution in [2.75, 3.05) is 19.6 Å². The van der Waals surface area contributed by atoms with E-state index >= 15 is 0 Å². The highest BCUT2D eigenvalue weighted by Gasteiger charge is 2.54. The zero-order chi connectivity index (χ0) is 21.3. The topological polar surface area (TPSA) is 35.6 Å². The van der Waals surface area contributed by atoms with Gasteiger partial charge in [0.05, 0.1) is 0 Å². The second kappa shape index (κ2) is 8.56. The first-order valence-corrected chi connectivity index (χ1v) is 11.0. The molecule has 2 saturated heterocycles. The molecule has 2 aliphatic heterocycles. The molecule has 30 heavy (non-hydrogen) atoms. The molecule has 1 unspecified atom stereocenters. The third kappa shape index (κ3) is 4.19. The fourth-order valence-corrected chi connectivity index (χ4v) is 5.10. The van der Waals surface area contributed by atoms with Gasteiger partial charge in [-0.15, -0.1) is 0 Å². The maximum atomic E-state index is 13.3. The Morgan fingerprint density at radius 3 is 2.53 bits per heavy atom. The predicted molar refractivity (Wildman–Crippen MR) is 118 cm³/mol. The number of hydrogen-bond donors (Lipinski definition) is 1. The van der Waals surface area contributed by atoms with Crippen LogP contribution in [0.4, 0.5) is 9.18 Å². The molecule has 2 aliphatic rings. The molecule has 1 spiro atoms. The summed E-state index contributed by atoms with van der Waals surface area (Å²) in [6.07, 6.45) is 1.97. The first-order chi connectivity index (χ1) is 14.4. The van der Waals surface area contributed by atoms with E-state index in [-0.39, 0.29) is 17.3 Å². The third-order valence-corrected chi connectivity index (χ3v) is 6.89. The van der Waals surface area contributed by atoms with E-state index in [4.69, 9.17) is 11.6 Å². The van der Waals surface area contributed by atoms with E-state index in [1.165, 1.54) is 17.7 Å². The Kier molecular flexibility index (Phi) is 6.03. The first kappa shape index (κ1) is 21.1. The van der Waals surface area contributed by atoms with Gasteiger partial charge in [-0.05, 0) is 62.1 Å². The van der Waals surface area contributed by atoms with Gasteiger partial charge in [0.15, 0.2) is 0 Å². The van der Waals surface area contributed by atoms with Crippen LogP contribution in [-0.2, 0) is 6.54 Å². The van der Waals surface area contributed by atoms with Gasteiger partial charge in [0.1, 0.15) is 5.82 Å². The maximum absolute atomic E-state index is 13.3. The van der Waals surface area contributed by atoms with E-state index in [1.807, 2.05) is 23.1 Å². The van der Waals surface area contributed by atoms with E-state index in [1.54, 1.807) is 6.07 Å². The normalized spacial score (nSPS) is 21.0. The molecule has 2 aromatic carbocycles. The lowest BCUT2D eigenvalue weighted by Gasteiger charge is -2.62. The molecule has 2 aromatic rings. The van der Waals surface area contributed by atoms with Crippen molar-refractivity contribution >= 4 is 17.6 Å². The quantitative estimate of drug-likeness (QED) is 0.721. The Labute approximate surface area is 183 Å². The summed E-state index contributed by atoms with van der Waals surface area (Å²) in [4.78, 5) is 17.1. The van der Waals surface area contributed by atoms with Crippen LogP contribution in [-0.4, -0.2) is 41.5 Å². The molecule has 0 aliphatic carbocycles. The average molecular weight is 430 g/mol. The molecule has 0 saturated carbocycles. The number of nitrogens with zero attached hydrogens (tertiary/aromatic N) is 2. The molecule has 1 atom stereocenters. The van der Waals surface area contributed by atoms with Crippen LogP contribution in [0.2, 0.25) is 5.02 Å². The number of benzene rings is 2.